The number of nitrogens with two attached hydrogens (primary N) is 1. The summed E-state index contributed by atoms with van der Waals surface area (Å²) in [6, 6.07) is 23.5. The van der Waals surface area contributed by atoms with Gasteiger partial charge in [0.25, 0.3) is 0 Å². The van der Waals surface area contributed by atoms with Crippen LogP contribution in [-0.4, -0.2) is 58.7 Å². The Morgan fingerprint density at radius 3 is 1.48 bits per heavy atom. The van der Waals surface area contributed by atoms with Crippen LogP contribution in [0.1, 0.15) is 35.3 Å². The summed E-state index contributed by atoms with van der Waals surface area (Å²) in [6.45, 7) is 6.82. The van der Waals surface area contributed by atoms with Crippen LogP contribution in [0.2, 0.25) is 0 Å². The molecule has 0 atom stereocenters. The van der Waals surface area contributed by atoms with Crippen LogP contribution in [0, 0.1) is 0 Å². The number of carbonyl (C=O) groups is 1. The van der Waals surface area contributed by atoms with Crippen LogP contribution < -0.4 is 32.3 Å². The van der Waals surface area contributed by atoms with E-state index in [-0.39, 0.29) is 17.4 Å². The second-order valence-corrected chi connectivity index (χ2v) is 10.9. The van der Waals surface area contributed by atoms with E-state index in [1.54, 1.807) is 24.3 Å². The van der Waals surface area contributed by atoms with E-state index in [1.165, 1.54) is 11.1 Å². The summed E-state index contributed by atoms with van der Waals surface area (Å²) in [4.78, 5) is 15.2. The summed E-state index contributed by atoms with van der Waals surface area (Å²) in [5.41, 5.74) is 11.3. The maximum absolute atomic E-state index is 13.1. The molecule has 42 heavy (non-hydrogen) atoms. The van der Waals surface area contributed by atoms with Gasteiger partial charge in [-0.05, 0) is 109 Å². The Labute approximate surface area is 264 Å². The molecule has 0 fully saturated rings. The van der Waals surface area contributed by atoms with Crippen molar-refractivity contribution in [2.24, 2.45) is 5.73 Å². The molecule has 0 bridgehead atoms. The lowest BCUT2D eigenvalue weighted by Crippen LogP contribution is -2.43. The molecule has 0 spiro atoms. The van der Waals surface area contributed by atoms with E-state index in [0.717, 1.165) is 29.9 Å². The maximum Gasteiger partial charge on any atom is 0.176 e. The van der Waals surface area contributed by atoms with Gasteiger partial charge < -0.3 is 32.3 Å². The molecular weight excluding hydrogens is 583 g/mol. The van der Waals surface area contributed by atoms with Crippen LogP contribution in [0.25, 0.3) is 0 Å². The number of carbonyl (C=O) groups excluding carboxylic acids is 1. The van der Waals surface area contributed by atoms with Crippen molar-refractivity contribution in [1.82, 2.24) is 15.5 Å². The Morgan fingerprint density at radius 1 is 0.667 bits per heavy atom. The molecule has 0 radical (unpaired) electrons. The molecule has 0 aliphatic carbocycles. The molecule has 0 unspecified atom stereocenters. The van der Waals surface area contributed by atoms with Crippen LogP contribution in [0.15, 0.2) is 72.8 Å². The highest BCUT2D eigenvalue weighted by Gasteiger charge is 2.13. The van der Waals surface area contributed by atoms with Gasteiger partial charge in [0.2, 0.25) is 0 Å². The van der Waals surface area contributed by atoms with Gasteiger partial charge in [-0.15, -0.1) is 0 Å². The second-order valence-electron chi connectivity index (χ2n) is 9.63. The first-order valence-corrected chi connectivity index (χ1v) is 15.2. The van der Waals surface area contributed by atoms with E-state index in [4.69, 9.17) is 42.4 Å². The normalized spacial score (nSPS) is 10.5. The predicted octanol–water partition coefficient (Wildman–Crippen LogP) is 4.92. The lowest BCUT2D eigenvalue weighted by atomic mass is 10.1. The van der Waals surface area contributed by atoms with Gasteiger partial charge >= 0.3 is 0 Å². The molecule has 3 aromatic carbocycles. The summed E-state index contributed by atoms with van der Waals surface area (Å²) in [6.07, 6.45) is 1.98. The fourth-order valence-electron chi connectivity index (χ4n) is 4.10. The third-order valence-electron chi connectivity index (χ3n) is 6.51. The van der Waals surface area contributed by atoms with Gasteiger partial charge in [-0.25, -0.2) is 0 Å². The predicted molar refractivity (Wildman–Crippen MR) is 188 cm³/mol. The lowest BCUT2D eigenvalue weighted by Gasteiger charge is -2.23. The molecule has 0 aromatic heterocycles. The summed E-state index contributed by atoms with van der Waals surface area (Å²) in [5.74, 6) is 0.00491. The number of hydrogen-bond donors (Lipinski definition) is 6. The Balaban J connectivity index is 1.54. The summed E-state index contributed by atoms with van der Waals surface area (Å²) in [7, 11) is 0. The highest BCUT2D eigenvalue weighted by Crippen LogP contribution is 2.12. The first-order chi connectivity index (χ1) is 20.2. The molecule has 0 saturated carbocycles. The van der Waals surface area contributed by atoms with Gasteiger partial charge in [-0.1, -0.05) is 38.1 Å². The van der Waals surface area contributed by atoms with Crippen molar-refractivity contribution in [1.29, 1.82) is 0 Å². The van der Waals surface area contributed by atoms with E-state index in [9.17, 15) is 4.79 Å². The lowest BCUT2D eigenvalue weighted by molar-refractivity contribution is 0.0933. The van der Waals surface area contributed by atoms with E-state index < -0.39 is 0 Å². The van der Waals surface area contributed by atoms with Gasteiger partial charge in [0, 0.05) is 48.8 Å². The van der Waals surface area contributed by atoms with Crippen LogP contribution >= 0.6 is 36.7 Å². The number of ketones is 1. The van der Waals surface area contributed by atoms with Crippen molar-refractivity contribution >= 4 is 74.8 Å². The number of thiocarbonyl (C=S) groups is 3. The number of anilines is 3. The number of nitrogens with one attached hydrogen (secondary N) is 5. The van der Waals surface area contributed by atoms with E-state index in [2.05, 4.69) is 69.6 Å². The van der Waals surface area contributed by atoms with Crippen LogP contribution in [0.5, 0.6) is 0 Å². The van der Waals surface area contributed by atoms with E-state index in [1.807, 2.05) is 24.3 Å². The fraction of sp³-hybridized carbons (Fsp3) is 0.290. The third kappa shape index (κ3) is 11.7. The highest BCUT2D eigenvalue weighted by molar-refractivity contribution is 7.80. The van der Waals surface area contributed by atoms with Crippen LogP contribution in [0.4, 0.5) is 17.1 Å². The quantitative estimate of drug-likeness (QED) is 0.109. The second kappa shape index (κ2) is 17.3. The third-order valence-corrected chi connectivity index (χ3v) is 7.10. The molecule has 0 amide bonds. The SMILES string of the molecule is CCc1ccc(NC(=S)NCCN(CCNC(=S)Nc2ccc(CC)cc2)CC(=O)c2ccc(NC(N)=S)cc2)cc1. The van der Waals surface area contributed by atoms with Gasteiger partial charge in [-0.3, -0.25) is 9.69 Å². The van der Waals surface area contributed by atoms with Gasteiger partial charge in [-0.2, -0.15) is 0 Å². The number of nitrogens with zero attached hydrogens (tertiary/aromatic N) is 1. The summed E-state index contributed by atoms with van der Waals surface area (Å²) < 4.78 is 0. The van der Waals surface area contributed by atoms with Crippen LogP contribution in [0.3, 0.4) is 0 Å². The van der Waals surface area contributed by atoms with Crippen molar-refractivity contribution in [3.63, 3.8) is 0 Å². The monoisotopic (exact) mass is 621 g/mol. The zero-order valence-corrected chi connectivity index (χ0v) is 26.5. The smallest absolute Gasteiger partial charge is 0.176 e. The van der Waals surface area contributed by atoms with Crippen molar-refractivity contribution in [2.45, 2.75) is 26.7 Å². The van der Waals surface area contributed by atoms with E-state index in [0.29, 0.717) is 42.0 Å². The zero-order chi connectivity index (χ0) is 30.3. The topological polar surface area (TPSA) is 106 Å². The maximum atomic E-state index is 13.1. The van der Waals surface area contributed by atoms with Crippen LogP contribution in [-0.2, 0) is 12.8 Å². The fourth-order valence-corrected chi connectivity index (χ4v) is 4.66. The molecule has 3 rings (SSSR count). The minimum absolute atomic E-state index is 0.00491. The molecule has 8 nitrogen and oxygen atoms in total. The minimum atomic E-state index is 0.00491. The Bertz CT molecular complexity index is 1260. The van der Waals surface area contributed by atoms with Crippen molar-refractivity contribution < 1.29 is 4.79 Å². The largest absolute Gasteiger partial charge is 0.376 e. The molecule has 7 N–H and O–H groups in total. The van der Waals surface area contributed by atoms with Gasteiger partial charge in [0.1, 0.15) is 0 Å². The number of rotatable bonds is 14. The molecule has 0 heterocycles. The standard InChI is InChI=1S/C31H39N7OS3/c1-3-22-5-11-26(12-6-22)36-30(41)33-17-19-38(21-28(39)24-9-15-25(16-10-24)35-29(32)40)20-18-34-31(42)37-27-13-7-23(4-2)8-14-27/h5-16H,3-4,17-21H2,1-2H3,(H3,32,35,40)(H2,33,36,41)(H2,34,37,42). The first-order valence-electron chi connectivity index (χ1n) is 13.9. The molecule has 3 aromatic rings. The highest BCUT2D eigenvalue weighted by atomic mass is 32.1. The minimum Gasteiger partial charge on any atom is -0.376 e. The van der Waals surface area contributed by atoms with E-state index >= 15 is 0 Å². The molecule has 222 valence electrons. The summed E-state index contributed by atoms with van der Waals surface area (Å²) >= 11 is 15.9. The number of Topliss-reactive ketones (excluding diaryl/α,β-unsaturated/α-hetero) is 1. The Hall–Kier alpha value is -3.64. The van der Waals surface area contributed by atoms with Gasteiger partial charge in [0.05, 0.1) is 6.54 Å². The summed E-state index contributed by atoms with van der Waals surface area (Å²) in [5, 5.41) is 17.0. The zero-order valence-electron chi connectivity index (χ0n) is 24.0. The number of benzene rings is 3. The number of hydrogen-bond acceptors (Lipinski definition) is 5. The first kappa shape index (κ1) is 32.9. The Kier molecular flexibility index (Phi) is 13.6. The Morgan fingerprint density at radius 2 is 1.07 bits per heavy atom. The average molecular weight is 622 g/mol. The van der Waals surface area contributed by atoms with Crippen molar-refractivity contribution in [2.75, 3.05) is 48.7 Å². The molecular formula is C31H39N7OS3. The molecule has 11 heteroatoms. The van der Waals surface area contributed by atoms with Crippen molar-refractivity contribution in [3.8, 4) is 0 Å². The number of aryl methyl sites for hydroxylation is 2. The molecule has 0 saturated heterocycles. The van der Waals surface area contributed by atoms with Gasteiger partial charge in [0.15, 0.2) is 21.1 Å². The average Bonchev–Trinajstić information content (AvgIpc) is 2.98. The molecule has 0 aliphatic heterocycles. The molecule has 0 aliphatic rings. The van der Waals surface area contributed by atoms with Crippen molar-refractivity contribution in [3.05, 3.63) is 89.5 Å².